The normalized spacial score (nSPS) is 9.94. The number of methoxy groups -OCH3 is 1. The van der Waals surface area contributed by atoms with Crippen molar-refractivity contribution in [2.45, 2.75) is 13.3 Å². The molecule has 0 atom stereocenters. The molecule has 0 fully saturated rings. The number of aryl methyl sites for hydroxylation is 1. The van der Waals surface area contributed by atoms with Crippen LogP contribution in [0.2, 0.25) is 5.02 Å². The van der Waals surface area contributed by atoms with Gasteiger partial charge in [0.05, 0.1) is 12.1 Å². The van der Waals surface area contributed by atoms with E-state index in [9.17, 15) is 4.79 Å². The Morgan fingerprint density at radius 2 is 2.25 bits per heavy atom. The first-order chi connectivity index (χ1) is 7.54. The quantitative estimate of drug-likeness (QED) is 0.854. The lowest BCUT2D eigenvalue weighted by molar-refractivity contribution is 0.194. The van der Waals surface area contributed by atoms with E-state index >= 15 is 0 Å². The van der Waals surface area contributed by atoms with Crippen LogP contribution in [0.5, 0.6) is 5.75 Å². The van der Waals surface area contributed by atoms with Gasteiger partial charge in [-0.15, -0.1) is 0 Å². The number of nitrogens with one attached hydrogen (secondary N) is 1. The fraction of sp³-hybridized carbons (Fsp3) is 0.364. The van der Waals surface area contributed by atoms with Gasteiger partial charge in [-0.3, -0.25) is 0 Å². The molecule has 0 bridgehead atoms. The number of carboxylic acid groups (broad SMARTS) is 1. The second kappa shape index (κ2) is 5.61. The number of rotatable bonds is 4. The Morgan fingerprint density at radius 1 is 1.56 bits per heavy atom. The maximum atomic E-state index is 10.3. The van der Waals surface area contributed by atoms with Crippen LogP contribution >= 0.6 is 11.6 Å². The average Bonchev–Trinajstić information content (AvgIpc) is 2.22. The van der Waals surface area contributed by atoms with Crippen molar-refractivity contribution in [2.75, 3.05) is 13.7 Å². The molecule has 4 nitrogen and oxygen atoms in total. The van der Waals surface area contributed by atoms with Gasteiger partial charge in [0, 0.05) is 6.54 Å². The summed E-state index contributed by atoms with van der Waals surface area (Å²) in [5.74, 6) is 0.633. The van der Waals surface area contributed by atoms with Gasteiger partial charge in [0.2, 0.25) is 0 Å². The van der Waals surface area contributed by atoms with Crippen LogP contribution in [0.25, 0.3) is 0 Å². The molecule has 0 saturated carbocycles. The van der Waals surface area contributed by atoms with E-state index in [4.69, 9.17) is 21.4 Å². The molecule has 0 aliphatic rings. The van der Waals surface area contributed by atoms with Crippen molar-refractivity contribution in [1.82, 2.24) is 5.32 Å². The van der Waals surface area contributed by atoms with Gasteiger partial charge in [-0.2, -0.15) is 0 Å². The van der Waals surface area contributed by atoms with Crippen LogP contribution in [-0.2, 0) is 6.42 Å². The molecule has 5 heteroatoms. The zero-order valence-electron chi connectivity index (χ0n) is 9.21. The Bertz CT molecular complexity index is 393. The first-order valence-corrected chi connectivity index (χ1v) is 5.22. The van der Waals surface area contributed by atoms with Crippen LogP contribution in [0.1, 0.15) is 11.1 Å². The predicted octanol–water partition coefficient (Wildman–Crippen LogP) is 2.47. The maximum absolute atomic E-state index is 10.3. The number of hydrogen-bond acceptors (Lipinski definition) is 2. The number of benzene rings is 1. The van der Waals surface area contributed by atoms with Gasteiger partial charge >= 0.3 is 6.09 Å². The molecule has 0 saturated heterocycles. The first kappa shape index (κ1) is 12.6. The summed E-state index contributed by atoms with van der Waals surface area (Å²) in [5.41, 5.74) is 2.05. The van der Waals surface area contributed by atoms with Crippen LogP contribution in [0.4, 0.5) is 4.79 Å². The molecule has 0 aliphatic heterocycles. The lowest BCUT2D eigenvalue weighted by Crippen LogP contribution is -2.23. The van der Waals surface area contributed by atoms with Crippen molar-refractivity contribution in [3.63, 3.8) is 0 Å². The third-order valence-electron chi connectivity index (χ3n) is 2.28. The third-order valence-corrected chi connectivity index (χ3v) is 2.58. The van der Waals surface area contributed by atoms with Crippen molar-refractivity contribution < 1.29 is 14.6 Å². The molecule has 88 valence electrons. The van der Waals surface area contributed by atoms with Gasteiger partial charge in [-0.1, -0.05) is 11.6 Å². The number of hydrogen-bond donors (Lipinski definition) is 2. The summed E-state index contributed by atoms with van der Waals surface area (Å²) in [6.07, 6.45) is -0.403. The van der Waals surface area contributed by atoms with E-state index in [1.807, 2.05) is 13.0 Å². The molecular weight excluding hydrogens is 230 g/mol. The van der Waals surface area contributed by atoms with Gasteiger partial charge < -0.3 is 15.2 Å². The van der Waals surface area contributed by atoms with Crippen molar-refractivity contribution in [3.8, 4) is 5.75 Å². The number of halogens is 1. The molecule has 0 heterocycles. The lowest BCUT2D eigenvalue weighted by atomic mass is 10.1. The minimum absolute atomic E-state index is 0.374. The smallest absolute Gasteiger partial charge is 0.404 e. The van der Waals surface area contributed by atoms with E-state index < -0.39 is 6.09 Å². The zero-order valence-corrected chi connectivity index (χ0v) is 9.97. The topological polar surface area (TPSA) is 58.6 Å². The molecule has 0 unspecified atom stereocenters. The summed E-state index contributed by atoms with van der Waals surface area (Å²) in [4.78, 5) is 10.3. The van der Waals surface area contributed by atoms with Gasteiger partial charge in [-0.25, -0.2) is 4.79 Å². The van der Waals surface area contributed by atoms with Crippen molar-refractivity contribution >= 4 is 17.7 Å². The van der Waals surface area contributed by atoms with Gasteiger partial charge in [-0.05, 0) is 36.6 Å². The summed E-state index contributed by atoms with van der Waals surface area (Å²) in [6.45, 7) is 2.31. The van der Waals surface area contributed by atoms with Crippen molar-refractivity contribution in [2.24, 2.45) is 0 Å². The van der Waals surface area contributed by atoms with E-state index in [1.54, 1.807) is 13.2 Å². The lowest BCUT2D eigenvalue weighted by Gasteiger charge is -2.10. The number of ether oxygens (including phenoxy) is 1. The van der Waals surface area contributed by atoms with E-state index in [2.05, 4.69) is 5.32 Å². The number of carbonyl (C=O) groups is 1. The zero-order chi connectivity index (χ0) is 12.1. The van der Waals surface area contributed by atoms with E-state index in [0.29, 0.717) is 23.7 Å². The van der Waals surface area contributed by atoms with Gasteiger partial charge in [0.1, 0.15) is 5.75 Å². The Balaban J connectivity index is 2.73. The summed E-state index contributed by atoms with van der Waals surface area (Å²) >= 11 is 5.98. The van der Waals surface area contributed by atoms with E-state index in [-0.39, 0.29) is 0 Å². The molecule has 1 amide bonds. The largest absolute Gasteiger partial charge is 0.495 e. The second-order valence-corrected chi connectivity index (χ2v) is 3.80. The monoisotopic (exact) mass is 243 g/mol. The van der Waals surface area contributed by atoms with E-state index in [0.717, 1.165) is 11.1 Å². The standard InChI is InChI=1S/C11H14ClNO3/c1-7-5-10(16-2)9(12)6-8(7)3-4-13-11(14)15/h5-6,13H,3-4H2,1-2H3,(H,14,15). The van der Waals surface area contributed by atoms with Gasteiger partial charge in [0.25, 0.3) is 0 Å². The van der Waals surface area contributed by atoms with Crippen LogP contribution in [0.3, 0.4) is 0 Å². The SMILES string of the molecule is COc1cc(C)c(CCNC(=O)O)cc1Cl. The summed E-state index contributed by atoms with van der Waals surface area (Å²) in [5, 5.41) is 11.3. The molecule has 1 aromatic carbocycles. The van der Waals surface area contributed by atoms with Crippen LogP contribution in [0, 0.1) is 6.92 Å². The highest BCUT2D eigenvalue weighted by Crippen LogP contribution is 2.27. The highest BCUT2D eigenvalue weighted by molar-refractivity contribution is 6.32. The Labute approximate surface area is 99.2 Å². The minimum Gasteiger partial charge on any atom is -0.495 e. The second-order valence-electron chi connectivity index (χ2n) is 3.40. The summed E-state index contributed by atoms with van der Waals surface area (Å²) < 4.78 is 5.08. The van der Waals surface area contributed by atoms with Crippen LogP contribution < -0.4 is 10.1 Å². The molecule has 0 aromatic heterocycles. The first-order valence-electron chi connectivity index (χ1n) is 4.84. The van der Waals surface area contributed by atoms with Gasteiger partial charge in [0.15, 0.2) is 0 Å². The van der Waals surface area contributed by atoms with Crippen LogP contribution in [-0.4, -0.2) is 24.9 Å². The number of amides is 1. The fourth-order valence-corrected chi connectivity index (χ4v) is 1.69. The van der Waals surface area contributed by atoms with E-state index in [1.165, 1.54) is 0 Å². The van der Waals surface area contributed by atoms with Crippen molar-refractivity contribution in [3.05, 3.63) is 28.3 Å². The van der Waals surface area contributed by atoms with Crippen LogP contribution in [0.15, 0.2) is 12.1 Å². The highest BCUT2D eigenvalue weighted by Gasteiger charge is 2.06. The molecule has 0 spiro atoms. The Kier molecular flexibility index (Phi) is 4.43. The summed E-state index contributed by atoms with van der Waals surface area (Å²) in [6, 6.07) is 3.65. The molecule has 1 rings (SSSR count). The third kappa shape index (κ3) is 3.31. The molecule has 0 aliphatic carbocycles. The Hall–Kier alpha value is -1.42. The Morgan fingerprint density at radius 3 is 2.81 bits per heavy atom. The maximum Gasteiger partial charge on any atom is 0.404 e. The minimum atomic E-state index is -1.02. The molecule has 2 N–H and O–H groups in total. The summed E-state index contributed by atoms with van der Waals surface area (Å²) in [7, 11) is 1.56. The van der Waals surface area contributed by atoms with Crippen molar-refractivity contribution in [1.29, 1.82) is 0 Å². The molecule has 1 aromatic rings. The molecule has 0 radical (unpaired) electrons. The average molecular weight is 244 g/mol. The predicted molar refractivity (Wildman–Crippen MR) is 62.5 cm³/mol. The fourth-order valence-electron chi connectivity index (χ4n) is 1.43. The molecule has 16 heavy (non-hydrogen) atoms. The highest BCUT2D eigenvalue weighted by atomic mass is 35.5. The molecular formula is C11H14ClNO3.